The fourth-order valence-corrected chi connectivity index (χ4v) is 6.73. The standard InChI is InChI=1S/C49H33N5/c1-5-16-34(17-6-1)38-28-39(35-18-7-2-8-19-35)30-41(29-38)44-33-45(54-49(53-44)37-22-11-4-12-23-37)42-24-15-27-51-48(42)47-32-40(36-20-9-3-10-21-36)31-46(52-47)43-25-13-14-26-50-43/h1-33H. The van der Waals surface area contributed by atoms with Crippen LogP contribution in [0.2, 0.25) is 0 Å². The van der Waals surface area contributed by atoms with Gasteiger partial charge in [0.2, 0.25) is 0 Å². The largest absolute Gasteiger partial charge is 0.255 e. The molecule has 0 bridgehead atoms. The lowest BCUT2D eigenvalue weighted by molar-refractivity contribution is 1.17. The van der Waals surface area contributed by atoms with Gasteiger partial charge in [-0.25, -0.2) is 15.0 Å². The Bertz CT molecular complexity index is 2570. The van der Waals surface area contributed by atoms with Gasteiger partial charge in [-0.05, 0) is 94.0 Å². The number of rotatable bonds is 8. The lowest BCUT2D eigenvalue weighted by Crippen LogP contribution is -2.00. The Labute approximate surface area is 314 Å². The van der Waals surface area contributed by atoms with Crippen LogP contribution in [-0.4, -0.2) is 24.9 Å². The normalized spacial score (nSPS) is 11.0. The molecule has 0 aliphatic carbocycles. The van der Waals surface area contributed by atoms with Crippen LogP contribution in [0, 0.1) is 0 Å². The molecule has 5 nitrogen and oxygen atoms in total. The van der Waals surface area contributed by atoms with Crippen molar-refractivity contribution in [2.75, 3.05) is 0 Å². The molecule has 9 aromatic rings. The Morgan fingerprint density at radius 2 is 0.759 bits per heavy atom. The second-order valence-electron chi connectivity index (χ2n) is 13.0. The van der Waals surface area contributed by atoms with E-state index in [1.807, 2.05) is 91.1 Å². The Morgan fingerprint density at radius 3 is 1.35 bits per heavy atom. The van der Waals surface area contributed by atoms with Crippen molar-refractivity contribution in [3.63, 3.8) is 0 Å². The summed E-state index contributed by atoms with van der Waals surface area (Å²) in [5.74, 6) is 0.629. The number of pyridine rings is 3. The summed E-state index contributed by atoms with van der Waals surface area (Å²) in [6.07, 6.45) is 3.60. The van der Waals surface area contributed by atoms with E-state index in [0.29, 0.717) is 5.82 Å². The molecule has 4 heterocycles. The second-order valence-corrected chi connectivity index (χ2v) is 13.0. The van der Waals surface area contributed by atoms with Crippen molar-refractivity contribution in [2.45, 2.75) is 0 Å². The average Bonchev–Trinajstić information content (AvgIpc) is 3.27. The molecule has 0 saturated carbocycles. The number of nitrogens with zero attached hydrogens (tertiary/aromatic N) is 5. The van der Waals surface area contributed by atoms with Crippen molar-refractivity contribution in [1.82, 2.24) is 24.9 Å². The van der Waals surface area contributed by atoms with Gasteiger partial charge in [0.05, 0.1) is 34.2 Å². The SMILES string of the molecule is c1ccc(-c2cc(-c3ccccc3)cc(-c3cc(-c4cccnc4-c4cc(-c5ccccc5)cc(-c5ccccn5)n4)nc(-c4ccccc4)n3)c2)cc1. The molecule has 0 unspecified atom stereocenters. The van der Waals surface area contributed by atoms with Crippen LogP contribution in [0.25, 0.3) is 90.1 Å². The van der Waals surface area contributed by atoms with Crippen molar-refractivity contribution in [3.05, 3.63) is 200 Å². The zero-order chi connectivity index (χ0) is 36.1. The highest BCUT2D eigenvalue weighted by Gasteiger charge is 2.19. The average molecular weight is 692 g/mol. The molecular formula is C49H33N5. The van der Waals surface area contributed by atoms with Gasteiger partial charge in [0.25, 0.3) is 0 Å². The molecule has 0 aliphatic rings. The summed E-state index contributed by atoms with van der Waals surface area (Å²) in [5, 5.41) is 0. The van der Waals surface area contributed by atoms with Gasteiger partial charge in [0.1, 0.15) is 0 Å². The molecule has 0 fully saturated rings. The van der Waals surface area contributed by atoms with E-state index in [1.54, 1.807) is 6.20 Å². The van der Waals surface area contributed by atoms with Crippen LogP contribution in [0.15, 0.2) is 200 Å². The van der Waals surface area contributed by atoms with Crippen molar-refractivity contribution >= 4 is 0 Å². The summed E-state index contributed by atoms with van der Waals surface area (Å²) in [6.45, 7) is 0. The van der Waals surface area contributed by atoms with Crippen LogP contribution in [-0.2, 0) is 0 Å². The number of aromatic nitrogens is 5. The van der Waals surface area contributed by atoms with E-state index < -0.39 is 0 Å². The molecule has 9 rings (SSSR count). The second kappa shape index (κ2) is 14.7. The van der Waals surface area contributed by atoms with Gasteiger partial charge in [-0.3, -0.25) is 9.97 Å². The monoisotopic (exact) mass is 691 g/mol. The molecule has 0 saturated heterocycles. The smallest absolute Gasteiger partial charge is 0.160 e. The highest BCUT2D eigenvalue weighted by atomic mass is 14.9. The van der Waals surface area contributed by atoms with Crippen molar-refractivity contribution in [1.29, 1.82) is 0 Å². The van der Waals surface area contributed by atoms with E-state index >= 15 is 0 Å². The van der Waals surface area contributed by atoms with E-state index in [9.17, 15) is 0 Å². The highest BCUT2D eigenvalue weighted by molar-refractivity contribution is 5.85. The minimum absolute atomic E-state index is 0.629. The maximum atomic E-state index is 5.22. The fraction of sp³-hybridized carbons (Fsp3) is 0. The topological polar surface area (TPSA) is 64.5 Å². The minimum atomic E-state index is 0.629. The first-order chi connectivity index (χ1) is 26.7. The molecule has 0 aliphatic heterocycles. The van der Waals surface area contributed by atoms with Gasteiger partial charge in [-0.2, -0.15) is 0 Å². The van der Waals surface area contributed by atoms with Crippen LogP contribution in [0.5, 0.6) is 0 Å². The summed E-state index contributed by atoms with van der Waals surface area (Å²) in [7, 11) is 0. The fourth-order valence-electron chi connectivity index (χ4n) is 6.73. The molecule has 4 aromatic heterocycles. The van der Waals surface area contributed by atoms with Crippen LogP contribution in [0.1, 0.15) is 0 Å². The summed E-state index contributed by atoms with van der Waals surface area (Å²) in [6, 6.07) is 64.3. The Balaban J connectivity index is 1.26. The molecule has 0 N–H and O–H groups in total. The Kier molecular flexibility index (Phi) is 8.86. The van der Waals surface area contributed by atoms with Crippen LogP contribution >= 0.6 is 0 Å². The molecule has 254 valence electrons. The number of benzene rings is 5. The number of hydrogen-bond donors (Lipinski definition) is 0. The minimum Gasteiger partial charge on any atom is -0.255 e. The first kappa shape index (κ1) is 32.5. The maximum absolute atomic E-state index is 5.22. The van der Waals surface area contributed by atoms with E-state index in [1.165, 1.54) is 0 Å². The predicted octanol–water partition coefficient (Wildman–Crippen LogP) is 12.0. The summed E-state index contributed by atoms with van der Waals surface area (Å²) in [5.41, 5.74) is 13.9. The summed E-state index contributed by atoms with van der Waals surface area (Å²) < 4.78 is 0. The van der Waals surface area contributed by atoms with Gasteiger partial charge in [0.15, 0.2) is 5.82 Å². The molecule has 0 radical (unpaired) electrons. The third kappa shape index (κ3) is 6.82. The zero-order valence-corrected chi connectivity index (χ0v) is 29.3. The summed E-state index contributed by atoms with van der Waals surface area (Å²) in [4.78, 5) is 25.2. The van der Waals surface area contributed by atoms with Gasteiger partial charge in [-0.1, -0.05) is 127 Å². The highest BCUT2D eigenvalue weighted by Crippen LogP contribution is 2.37. The van der Waals surface area contributed by atoms with Crippen molar-refractivity contribution < 1.29 is 0 Å². The third-order valence-electron chi connectivity index (χ3n) is 9.39. The van der Waals surface area contributed by atoms with Gasteiger partial charge in [0, 0.05) is 29.1 Å². The van der Waals surface area contributed by atoms with Crippen LogP contribution in [0.3, 0.4) is 0 Å². The first-order valence-electron chi connectivity index (χ1n) is 17.9. The molecule has 54 heavy (non-hydrogen) atoms. The van der Waals surface area contributed by atoms with E-state index in [4.69, 9.17) is 19.9 Å². The Hall–Kier alpha value is -7.37. The van der Waals surface area contributed by atoms with Gasteiger partial charge in [-0.15, -0.1) is 0 Å². The quantitative estimate of drug-likeness (QED) is 0.159. The van der Waals surface area contributed by atoms with Gasteiger partial charge >= 0.3 is 0 Å². The molecule has 0 spiro atoms. The van der Waals surface area contributed by atoms with E-state index in [-0.39, 0.29) is 0 Å². The number of hydrogen-bond acceptors (Lipinski definition) is 5. The molecular weight excluding hydrogens is 659 g/mol. The lowest BCUT2D eigenvalue weighted by atomic mass is 9.94. The predicted molar refractivity (Wildman–Crippen MR) is 219 cm³/mol. The zero-order valence-electron chi connectivity index (χ0n) is 29.3. The van der Waals surface area contributed by atoms with Crippen molar-refractivity contribution in [3.8, 4) is 90.1 Å². The van der Waals surface area contributed by atoms with Crippen LogP contribution in [0.4, 0.5) is 0 Å². The molecule has 0 amide bonds. The van der Waals surface area contributed by atoms with Gasteiger partial charge < -0.3 is 0 Å². The molecule has 5 aromatic carbocycles. The summed E-state index contributed by atoms with van der Waals surface area (Å²) >= 11 is 0. The Morgan fingerprint density at radius 1 is 0.259 bits per heavy atom. The van der Waals surface area contributed by atoms with Crippen LogP contribution < -0.4 is 0 Å². The third-order valence-corrected chi connectivity index (χ3v) is 9.39. The van der Waals surface area contributed by atoms with E-state index in [0.717, 1.165) is 84.2 Å². The first-order valence-corrected chi connectivity index (χ1v) is 17.9. The maximum Gasteiger partial charge on any atom is 0.160 e. The van der Waals surface area contributed by atoms with E-state index in [2.05, 4.69) is 108 Å². The lowest BCUT2D eigenvalue weighted by Gasteiger charge is -2.15. The van der Waals surface area contributed by atoms with Crippen molar-refractivity contribution in [2.24, 2.45) is 0 Å². The molecule has 5 heteroatoms. The molecule has 0 atom stereocenters.